The Bertz CT molecular complexity index is 938. The Morgan fingerprint density at radius 2 is 1.70 bits per heavy atom. The summed E-state index contributed by atoms with van der Waals surface area (Å²) < 4.78 is 3.50. The number of nitrogens with one attached hydrogen (secondary N) is 1. The highest BCUT2D eigenvalue weighted by Crippen LogP contribution is 2.21. The number of carboxylic acid groups (broad SMARTS) is 1. The van der Waals surface area contributed by atoms with Crippen LogP contribution in [0.1, 0.15) is 31.3 Å². The predicted molar refractivity (Wildman–Crippen MR) is 101 cm³/mol. The molecule has 0 aliphatic carbocycles. The fraction of sp³-hybridized carbons (Fsp3) is 0.250. The third-order valence-corrected chi connectivity index (χ3v) is 4.18. The van der Waals surface area contributed by atoms with Gasteiger partial charge in [0.05, 0.1) is 5.69 Å². The Labute approximate surface area is 157 Å². The third-order valence-electron chi connectivity index (χ3n) is 4.18. The fourth-order valence-corrected chi connectivity index (χ4v) is 2.77. The molecule has 7 heteroatoms. The van der Waals surface area contributed by atoms with E-state index in [2.05, 4.69) is 10.4 Å². The normalized spacial score (nSPS) is 12.6. The largest absolute Gasteiger partial charge is 0.480 e. The molecular formula is C20H22N4O3. The van der Waals surface area contributed by atoms with E-state index in [4.69, 9.17) is 0 Å². The average molecular weight is 366 g/mol. The van der Waals surface area contributed by atoms with Crippen LogP contribution in [0.15, 0.2) is 60.9 Å². The van der Waals surface area contributed by atoms with Crippen LogP contribution in [0.4, 0.5) is 0 Å². The molecule has 27 heavy (non-hydrogen) atoms. The molecular weight excluding hydrogens is 344 g/mol. The molecule has 0 bridgehead atoms. The zero-order chi connectivity index (χ0) is 19.6. The first-order chi connectivity index (χ1) is 12.8. The van der Waals surface area contributed by atoms with E-state index >= 15 is 0 Å². The third kappa shape index (κ3) is 3.92. The monoisotopic (exact) mass is 366 g/mol. The molecule has 3 aromatic rings. The first-order valence-corrected chi connectivity index (χ1v) is 8.60. The van der Waals surface area contributed by atoms with Gasteiger partial charge in [-0.25, -0.2) is 9.48 Å². The number of carbonyl (C=O) groups is 2. The molecule has 0 saturated carbocycles. The highest BCUT2D eigenvalue weighted by atomic mass is 16.4. The predicted octanol–water partition coefficient (Wildman–Crippen LogP) is 2.89. The van der Waals surface area contributed by atoms with E-state index in [-0.39, 0.29) is 5.69 Å². The number of hydrogen-bond donors (Lipinski definition) is 2. The number of benzene rings is 1. The summed E-state index contributed by atoms with van der Waals surface area (Å²) in [6, 6.07) is 13.8. The standard InChI is InChI=1S/C20H22N4O3/c1-20(2,3)17(19(26)27)21-18(25)15-13-16(23-11-7-8-12-23)24(22-15)14-9-5-4-6-10-14/h4-13,17H,1-3H3,(H,21,25)(H,26,27)/t17-/m1/s1. The number of hydrogen-bond acceptors (Lipinski definition) is 3. The van der Waals surface area contributed by atoms with Crippen LogP contribution < -0.4 is 5.32 Å². The van der Waals surface area contributed by atoms with Gasteiger partial charge < -0.3 is 15.0 Å². The van der Waals surface area contributed by atoms with Crippen LogP contribution >= 0.6 is 0 Å². The van der Waals surface area contributed by atoms with E-state index in [0.717, 1.165) is 5.69 Å². The van der Waals surface area contributed by atoms with Crippen molar-refractivity contribution >= 4 is 11.9 Å². The molecule has 3 rings (SSSR count). The van der Waals surface area contributed by atoms with Crippen molar-refractivity contribution < 1.29 is 14.7 Å². The zero-order valence-corrected chi connectivity index (χ0v) is 15.5. The SMILES string of the molecule is CC(C)(C)[C@H](NC(=O)c1cc(-n2cccc2)n(-c2ccccc2)n1)C(=O)O. The fourth-order valence-electron chi connectivity index (χ4n) is 2.77. The number of para-hydroxylation sites is 1. The molecule has 1 aromatic carbocycles. The Morgan fingerprint density at radius 3 is 2.26 bits per heavy atom. The van der Waals surface area contributed by atoms with Crippen molar-refractivity contribution in [3.05, 3.63) is 66.6 Å². The summed E-state index contributed by atoms with van der Waals surface area (Å²) in [5, 5.41) is 16.5. The van der Waals surface area contributed by atoms with Gasteiger partial charge in [0.1, 0.15) is 11.9 Å². The number of rotatable bonds is 5. The van der Waals surface area contributed by atoms with E-state index in [9.17, 15) is 14.7 Å². The first kappa shape index (κ1) is 18.4. The van der Waals surface area contributed by atoms with E-state index in [1.165, 1.54) is 0 Å². The molecule has 7 nitrogen and oxygen atoms in total. The molecule has 1 amide bonds. The zero-order valence-electron chi connectivity index (χ0n) is 15.5. The van der Waals surface area contributed by atoms with Crippen LogP contribution in [0.5, 0.6) is 0 Å². The topological polar surface area (TPSA) is 89.2 Å². The molecule has 140 valence electrons. The minimum absolute atomic E-state index is 0.151. The molecule has 1 atom stereocenters. The van der Waals surface area contributed by atoms with Crippen molar-refractivity contribution in [2.24, 2.45) is 5.41 Å². The summed E-state index contributed by atoms with van der Waals surface area (Å²) >= 11 is 0. The minimum atomic E-state index is -1.08. The maximum absolute atomic E-state index is 12.7. The summed E-state index contributed by atoms with van der Waals surface area (Å²) in [7, 11) is 0. The van der Waals surface area contributed by atoms with Gasteiger partial charge in [-0.15, -0.1) is 0 Å². The second-order valence-electron chi connectivity index (χ2n) is 7.34. The number of aromatic nitrogens is 3. The van der Waals surface area contributed by atoms with Crippen molar-refractivity contribution in [3.63, 3.8) is 0 Å². The summed E-state index contributed by atoms with van der Waals surface area (Å²) in [6.07, 6.45) is 3.71. The van der Waals surface area contributed by atoms with Gasteiger partial charge in [-0.3, -0.25) is 4.79 Å². The van der Waals surface area contributed by atoms with Crippen LogP contribution in [0.2, 0.25) is 0 Å². The lowest BCUT2D eigenvalue weighted by atomic mass is 9.86. The molecule has 0 radical (unpaired) electrons. The second kappa shape index (κ2) is 7.11. The summed E-state index contributed by atoms with van der Waals surface area (Å²) in [4.78, 5) is 24.3. The Hall–Kier alpha value is -3.35. The molecule has 0 spiro atoms. The lowest BCUT2D eigenvalue weighted by molar-refractivity contribution is -0.142. The minimum Gasteiger partial charge on any atom is -0.480 e. The molecule has 2 N–H and O–H groups in total. The Morgan fingerprint density at radius 1 is 1.07 bits per heavy atom. The van der Waals surface area contributed by atoms with Crippen LogP contribution in [0.3, 0.4) is 0 Å². The average Bonchev–Trinajstić information content (AvgIpc) is 3.28. The van der Waals surface area contributed by atoms with Gasteiger partial charge in [0.15, 0.2) is 5.69 Å². The molecule has 0 aliphatic rings. The van der Waals surface area contributed by atoms with Crippen LogP contribution in [0.25, 0.3) is 11.5 Å². The maximum Gasteiger partial charge on any atom is 0.326 e. The summed E-state index contributed by atoms with van der Waals surface area (Å²) in [6.45, 7) is 5.29. The van der Waals surface area contributed by atoms with Crippen LogP contribution in [-0.4, -0.2) is 37.4 Å². The van der Waals surface area contributed by atoms with Crippen molar-refractivity contribution in [1.29, 1.82) is 0 Å². The molecule has 2 heterocycles. The van der Waals surface area contributed by atoms with E-state index in [1.54, 1.807) is 31.5 Å². The molecule has 0 fully saturated rings. The van der Waals surface area contributed by atoms with Gasteiger partial charge in [-0.1, -0.05) is 39.0 Å². The van der Waals surface area contributed by atoms with Gasteiger partial charge in [-0.2, -0.15) is 5.10 Å². The molecule has 0 aliphatic heterocycles. The van der Waals surface area contributed by atoms with E-state index in [0.29, 0.717) is 5.82 Å². The second-order valence-corrected chi connectivity index (χ2v) is 7.34. The summed E-state index contributed by atoms with van der Waals surface area (Å²) in [5.41, 5.74) is 0.316. The maximum atomic E-state index is 12.7. The van der Waals surface area contributed by atoms with Crippen molar-refractivity contribution in [2.75, 3.05) is 0 Å². The highest BCUT2D eigenvalue weighted by Gasteiger charge is 2.33. The van der Waals surface area contributed by atoms with E-state index in [1.807, 2.05) is 59.4 Å². The number of aliphatic carboxylic acids is 1. The quantitative estimate of drug-likeness (QED) is 0.727. The number of nitrogens with zero attached hydrogens (tertiary/aromatic N) is 3. The first-order valence-electron chi connectivity index (χ1n) is 8.60. The Balaban J connectivity index is 1.99. The lowest BCUT2D eigenvalue weighted by Crippen LogP contribution is -2.49. The lowest BCUT2D eigenvalue weighted by Gasteiger charge is -2.27. The van der Waals surface area contributed by atoms with Crippen LogP contribution in [0, 0.1) is 5.41 Å². The Kier molecular flexibility index (Phi) is 4.85. The molecule has 0 unspecified atom stereocenters. The highest BCUT2D eigenvalue weighted by molar-refractivity contribution is 5.95. The summed E-state index contributed by atoms with van der Waals surface area (Å²) in [5.74, 6) is -0.927. The van der Waals surface area contributed by atoms with E-state index < -0.39 is 23.3 Å². The smallest absolute Gasteiger partial charge is 0.326 e. The van der Waals surface area contributed by atoms with Gasteiger partial charge in [0, 0.05) is 18.5 Å². The van der Waals surface area contributed by atoms with Gasteiger partial charge in [0.2, 0.25) is 0 Å². The van der Waals surface area contributed by atoms with Gasteiger partial charge >= 0.3 is 5.97 Å². The van der Waals surface area contributed by atoms with Crippen molar-refractivity contribution in [1.82, 2.24) is 19.7 Å². The van der Waals surface area contributed by atoms with Crippen molar-refractivity contribution in [2.45, 2.75) is 26.8 Å². The number of amides is 1. The van der Waals surface area contributed by atoms with Crippen molar-refractivity contribution in [3.8, 4) is 11.5 Å². The van der Waals surface area contributed by atoms with Crippen LogP contribution in [-0.2, 0) is 4.79 Å². The van der Waals surface area contributed by atoms with Gasteiger partial charge in [0.25, 0.3) is 5.91 Å². The van der Waals surface area contributed by atoms with Gasteiger partial charge in [-0.05, 0) is 29.7 Å². The number of carboxylic acids is 1. The number of carbonyl (C=O) groups excluding carboxylic acids is 1. The molecule has 0 saturated heterocycles. The molecule has 2 aromatic heterocycles.